The highest BCUT2D eigenvalue weighted by Crippen LogP contribution is 2.37. The summed E-state index contributed by atoms with van der Waals surface area (Å²) in [7, 11) is 0. The molecule has 0 spiro atoms. The van der Waals surface area contributed by atoms with Crippen LogP contribution in [-0.4, -0.2) is 39.1 Å². The molecule has 2 aliphatic rings. The number of aromatic nitrogens is 3. The smallest absolute Gasteiger partial charge is 0.308 e. The van der Waals surface area contributed by atoms with Crippen LogP contribution >= 0.6 is 11.3 Å². The Labute approximate surface area is 169 Å². The number of rotatable bonds is 5. The van der Waals surface area contributed by atoms with Gasteiger partial charge in [-0.15, -0.1) is 11.3 Å². The number of nitrogens with one attached hydrogen (secondary N) is 1. The minimum Gasteiger partial charge on any atom is -0.481 e. The van der Waals surface area contributed by atoms with E-state index in [4.69, 9.17) is 0 Å². The van der Waals surface area contributed by atoms with Crippen molar-refractivity contribution in [1.82, 2.24) is 15.0 Å². The molecule has 0 amide bonds. The number of hydrogen-bond acceptors (Lipinski definition) is 7. The van der Waals surface area contributed by atoms with E-state index in [9.17, 15) is 9.90 Å². The summed E-state index contributed by atoms with van der Waals surface area (Å²) in [5, 5.41) is 15.6. The molecule has 2 atom stereocenters. The Morgan fingerprint density at radius 1 is 1.21 bits per heavy atom. The molecule has 7 nitrogen and oxygen atoms in total. The number of aliphatic carboxylic acids is 1. The van der Waals surface area contributed by atoms with Gasteiger partial charge in [0.25, 0.3) is 0 Å². The summed E-state index contributed by atoms with van der Waals surface area (Å²) in [5.41, 5.74) is 0.857. The van der Waals surface area contributed by atoms with Gasteiger partial charge < -0.3 is 15.3 Å². The highest BCUT2D eigenvalue weighted by Gasteiger charge is 2.36. The lowest BCUT2D eigenvalue weighted by Gasteiger charge is -2.41. The summed E-state index contributed by atoms with van der Waals surface area (Å²) in [5.74, 6) is 1.26. The molecule has 1 aliphatic heterocycles. The van der Waals surface area contributed by atoms with Gasteiger partial charge in [0, 0.05) is 36.4 Å². The third-order valence-corrected chi connectivity index (χ3v) is 6.63. The first-order chi connectivity index (χ1) is 13.6. The molecule has 28 heavy (non-hydrogen) atoms. The number of anilines is 3. The molecule has 2 aromatic heterocycles. The van der Waals surface area contributed by atoms with E-state index in [0.717, 1.165) is 23.8 Å². The molecule has 0 aromatic carbocycles. The Morgan fingerprint density at radius 2 is 2.04 bits per heavy atom. The third-order valence-electron chi connectivity index (χ3n) is 5.94. The van der Waals surface area contributed by atoms with Crippen molar-refractivity contribution >= 4 is 34.2 Å². The molecule has 0 bridgehead atoms. The lowest BCUT2D eigenvalue weighted by Crippen LogP contribution is -2.46. The van der Waals surface area contributed by atoms with Crippen molar-refractivity contribution in [2.45, 2.75) is 45.4 Å². The fourth-order valence-electron chi connectivity index (χ4n) is 4.58. The van der Waals surface area contributed by atoms with Gasteiger partial charge in [-0.25, -0.2) is 9.97 Å². The van der Waals surface area contributed by atoms with Gasteiger partial charge >= 0.3 is 5.97 Å². The van der Waals surface area contributed by atoms with Crippen LogP contribution in [0.1, 0.15) is 44.2 Å². The van der Waals surface area contributed by atoms with Gasteiger partial charge in [-0.2, -0.15) is 4.98 Å². The van der Waals surface area contributed by atoms with Crippen molar-refractivity contribution in [1.29, 1.82) is 0 Å². The largest absolute Gasteiger partial charge is 0.481 e. The van der Waals surface area contributed by atoms with E-state index in [0.29, 0.717) is 30.1 Å². The summed E-state index contributed by atoms with van der Waals surface area (Å²) in [6.45, 7) is 3.25. The van der Waals surface area contributed by atoms with Crippen molar-refractivity contribution < 1.29 is 9.90 Å². The number of nitrogens with zero attached hydrogens (tertiary/aromatic N) is 4. The Kier molecular flexibility index (Phi) is 5.75. The van der Waals surface area contributed by atoms with Gasteiger partial charge in [-0.1, -0.05) is 32.1 Å². The topological polar surface area (TPSA) is 91.2 Å². The Morgan fingerprint density at radius 3 is 2.75 bits per heavy atom. The maximum Gasteiger partial charge on any atom is 0.308 e. The molecule has 2 N–H and O–H groups in total. The molecule has 1 saturated heterocycles. The van der Waals surface area contributed by atoms with Crippen molar-refractivity contribution in [2.75, 3.05) is 23.3 Å². The molecule has 1 aliphatic carbocycles. The maximum absolute atomic E-state index is 11.8. The number of carbonyl (C=O) groups is 1. The van der Waals surface area contributed by atoms with Crippen LogP contribution in [0.2, 0.25) is 0 Å². The first kappa shape index (κ1) is 19.1. The van der Waals surface area contributed by atoms with Gasteiger partial charge in [0.15, 0.2) is 5.13 Å². The number of carboxylic acid groups (broad SMARTS) is 1. The molecule has 4 rings (SSSR count). The van der Waals surface area contributed by atoms with Gasteiger partial charge in [0.05, 0.1) is 5.92 Å². The molecule has 3 heterocycles. The number of piperidine rings is 1. The van der Waals surface area contributed by atoms with E-state index in [1.54, 1.807) is 6.20 Å². The highest BCUT2D eigenvalue weighted by atomic mass is 32.1. The van der Waals surface area contributed by atoms with Crippen molar-refractivity contribution in [3.8, 4) is 0 Å². The highest BCUT2D eigenvalue weighted by molar-refractivity contribution is 7.13. The minimum absolute atomic E-state index is 0.361. The van der Waals surface area contributed by atoms with Crippen LogP contribution in [0.5, 0.6) is 0 Å². The van der Waals surface area contributed by atoms with Gasteiger partial charge in [-0.3, -0.25) is 4.79 Å². The summed E-state index contributed by atoms with van der Waals surface area (Å²) >= 11 is 1.51. The molecular formula is C20H27N5O2S. The number of hydrogen-bond donors (Lipinski definition) is 2. The summed E-state index contributed by atoms with van der Waals surface area (Å²) < 4.78 is 0. The summed E-state index contributed by atoms with van der Waals surface area (Å²) in [4.78, 5) is 27.5. The fourth-order valence-corrected chi connectivity index (χ4v) is 5.12. The van der Waals surface area contributed by atoms with Gasteiger partial charge in [-0.05, 0) is 25.2 Å². The monoisotopic (exact) mass is 401 g/mol. The molecule has 0 radical (unpaired) electrons. The third kappa shape index (κ3) is 4.43. The number of thiazole rings is 1. The predicted molar refractivity (Wildman–Crippen MR) is 110 cm³/mol. The number of carboxylic acids is 1. The Bertz CT molecular complexity index is 807. The predicted octanol–water partition coefficient (Wildman–Crippen LogP) is 4.09. The van der Waals surface area contributed by atoms with Crippen molar-refractivity contribution in [3.63, 3.8) is 0 Å². The molecule has 8 heteroatoms. The second-order valence-corrected chi connectivity index (χ2v) is 8.89. The zero-order valence-corrected chi connectivity index (χ0v) is 17.0. The van der Waals surface area contributed by atoms with Gasteiger partial charge in [0.2, 0.25) is 5.95 Å². The van der Waals surface area contributed by atoms with Crippen LogP contribution in [0.3, 0.4) is 0 Å². The zero-order chi connectivity index (χ0) is 19.5. The first-order valence-corrected chi connectivity index (χ1v) is 11.0. The van der Waals surface area contributed by atoms with Crippen LogP contribution in [-0.2, 0) is 4.79 Å². The summed E-state index contributed by atoms with van der Waals surface area (Å²) in [6, 6.07) is 1.89. The average molecular weight is 402 g/mol. The fraction of sp³-hybridized carbons (Fsp3) is 0.600. The maximum atomic E-state index is 11.8. The Balaban J connectivity index is 1.57. The SMILES string of the molecule is Cc1cc(Nc2nccs2)nc(N2C[C@@H](C(=O)O)C[C@@H](C3CCCCC3)C2)n1. The number of aryl methyl sites for hydroxylation is 1. The summed E-state index contributed by atoms with van der Waals surface area (Å²) in [6.07, 6.45) is 8.80. The van der Waals surface area contributed by atoms with Crippen LogP contribution in [0, 0.1) is 24.7 Å². The molecule has 0 unspecified atom stereocenters. The van der Waals surface area contributed by atoms with E-state index < -0.39 is 5.97 Å². The lowest BCUT2D eigenvalue weighted by atomic mass is 9.74. The normalized spacial score (nSPS) is 23.5. The van der Waals surface area contributed by atoms with Crippen molar-refractivity contribution in [3.05, 3.63) is 23.3 Å². The molecule has 150 valence electrons. The van der Waals surface area contributed by atoms with Crippen molar-refractivity contribution in [2.24, 2.45) is 17.8 Å². The first-order valence-electron chi connectivity index (χ1n) is 10.1. The molecule has 1 saturated carbocycles. The Hall–Kier alpha value is -2.22. The standard InChI is InChI=1S/C20H27N5O2S/c1-13-9-17(24-20-21-7-8-28-20)23-19(22-13)25-11-15(10-16(12-25)18(26)27)14-5-3-2-4-6-14/h7-9,14-16H,2-6,10-12H2,1H3,(H,26,27)(H,21,22,23,24)/t15-,16+/m1/s1. The second-order valence-electron chi connectivity index (χ2n) is 7.99. The quantitative estimate of drug-likeness (QED) is 0.779. The lowest BCUT2D eigenvalue weighted by molar-refractivity contribution is -0.142. The van der Waals surface area contributed by atoms with Gasteiger partial charge in [0.1, 0.15) is 5.82 Å². The van der Waals surface area contributed by atoms with E-state index in [-0.39, 0.29) is 5.92 Å². The molecule has 2 fully saturated rings. The molecular weight excluding hydrogens is 374 g/mol. The van der Waals surface area contributed by atoms with Crippen LogP contribution in [0.15, 0.2) is 17.6 Å². The average Bonchev–Trinajstić information content (AvgIpc) is 3.21. The van der Waals surface area contributed by atoms with Crippen LogP contribution in [0.4, 0.5) is 16.9 Å². The second kappa shape index (κ2) is 8.43. The van der Waals surface area contributed by atoms with Crippen LogP contribution in [0.25, 0.3) is 0 Å². The van der Waals surface area contributed by atoms with E-state index in [2.05, 4.69) is 25.2 Å². The van der Waals surface area contributed by atoms with E-state index in [1.165, 1.54) is 43.4 Å². The zero-order valence-electron chi connectivity index (χ0n) is 16.2. The van der Waals surface area contributed by atoms with E-state index >= 15 is 0 Å². The van der Waals surface area contributed by atoms with E-state index in [1.807, 2.05) is 18.4 Å². The minimum atomic E-state index is -0.709. The molecule has 2 aromatic rings. The van der Waals surface area contributed by atoms with Crippen LogP contribution < -0.4 is 10.2 Å².